The molecule has 0 N–H and O–H groups in total. The quantitative estimate of drug-likeness (QED) is 0.171. The number of aromatic nitrogens is 1. The minimum absolute atomic E-state index is 0.194. The average molecular weight is 722 g/mol. The van der Waals surface area contributed by atoms with Crippen molar-refractivity contribution in [3.8, 4) is 16.8 Å². The molecule has 0 unspecified atom stereocenters. The van der Waals surface area contributed by atoms with Crippen molar-refractivity contribution in [2.45, 2.75) is 31.1 Å². The second kappa shape index (κ2) is 11.9. The molecule has 0 saturated carbocycles. The van der Waals surface area contributed by atoms with Crippen molar-refractivity contribution in [1.82, 2.24) is 4.57 Å². The molecule has 9 aromatic rings. The summed E-state index contributed by atoms with van der Waals surface area (Å²) in [6.45, 7) is 9.62. The van der Waals surface area contributed by atoms with Gasteiger partial charge in [0.25, 0.3) is 0 Å². The van der Waals surface area contributed by atoms with E-state index < -0.39 is 5.41 Å². The van der Waals surface area contributed by atoms with E-state index in [-0.39, 0.29) is 5.41 Å². The maximum atomic E-state index is 4.78. The fraction of sp³-hybridized carbons (Fsp3) is 0.0943. The number of hydrogen-bond donors (Lipinski definition) is 0. The Morgan fingerprint density at radius 2 is 1.27 bits per heavy atom. The lowest BCUT2D eigenvalue weighted by molar-refractivity contribution is 0.537. The summed E-state index contributed by atoms with van der Waals surface area (Å²) in [5.41, 5.74) is 14.4. The zero-order chi connectivity index (χ0) is 36.9. The van der Waals surface area contributed by atoms with Gasteiger partial charge in [0.15, 0.2) is 0 Å². The van der Waals surface area contributed by atoms with Crippen LogP contribution in [0.1, 0.15) is 53.6 Å². The van der Waals surface area contributed by atoms with E-state index in [9.17, 15) is 0 Å². The van der Waals surface area contributed by atoms with Crippen molar-refractivity contribution in [2.75, 3.05) is 0 Å². The number of thiophene rings is 1. The lowest BCUT2D eigenvalue weighted by atomic mass is 9.67. The van der Waals surface area contributed by atoms with Gasteiger partial charge in [0, 0.05) is 42.2 Å². The second-order valence-corrected chi connectivity index (χ2v) is 16.8. The largest absolute Gasteiger partial charge is 0.309 e. The summed E-state index contributed by atoms with van der Waals surface area (Å²) in [5, 5.41) is 5.25. The fourth-order valence-corrected chi connectivity index (χ4v) is 11.3. The molecule has 11 rings (SSSR count). The predicted molar refractivity (Wildman–Crippen MR) is 236 cm³/mol. The zero-order valence-electron chi connectivity index (χ0n) is 31.0. The van der Waals surface area contributed by atoms with E-state index in [0.717, 1.165) is 12.0 Å². The molecule has 0 radical (unpaired) electrons. The number of allylic oxidation sites excluding steroid dienone is 5. The molecule has 0 saturated heterocycles. The Kier molecular flexibility index (Phi) is 6.97. The van der Waals surface area contributed by atoms with Gasteiger partial charge in [-0.1, -0.05) is 172 Å². The monoisotopic (exact) mass is 721 g/mol. The highest BCUT2D eigenvalue weighted by molar-refractivity contribution is 7.26. The molecule has 2 aromatic heterocycles. The molecule has 2 heteroatoms. The highest BCUT2D eigenvalue weighted by Gasteiger charge is 2.46. The van der Waals surface area contributed by atoms with Gasteiger partial charge in [-0.15, -0.1) is 11.3 Å². The molecule has 7 aromatic carbocycles. The number of para-hydroxylation sites is 1. The van der Waals surface area contributed by atoms with E-state index in [4.69, 9.17) is 6.58 Å². The van der Waals surface area contributed by atoms with Gasteiger partial charge in [-0.3, -0.25) is 0 Å². The van der Waals surface area contributed by atoms with Crippen LogP contribution in [0.15, 0.2) is 183 Å². The number of fused-ring (bicyclic) bond motifs is 13. The van der Waals surface area contributed by atoms with Crippen molar-refractivity contribution in [3.05, 3.63) is 216 Å². The van der Waals surface area contributed by atoms with Crippen LogP contribution >= 0.6 is 11.3 Å². The van der Waals surface area contributed by atoms with Crippen LogP contribution in [0, 0.1) is 0 Å². The molecule has 0 aliphatic heterocycles. The van der Waals surface area contributed by atoms with Crippen molar-refractivity contribution in [3.63, 3.8) is 0 Å². The molecule has 2 aliphatic carbocycles. The topological polar surface area (TPSA) is 4.93 Å². The third-order valence-corrected chi connectivity index (χ3v) is 13.5. The highest BCUT2D eigenvalue weighted by atomic mass is 32.1. The summed E-state index contributed by atoms with van der Waals surface area (Å²) in [6, 6.07) is 56.6. The average Bonchev–Trinajstić information content (AvgIpc) is 3.87. The van der Waals surface area contributed by atoms with Gasteiger partial charge >= 0.3 is 0 Å². The Bertz CT molecular complexity index is 3060. The molecule has 2 heterocycles. The van der Waals surface area contributed by atoms with Crippen LogP contribution in [0.25, 0.3) is 64.4 Å². The third kappa shape index (κ3) is 4.40. The van der Waals surface area contributed by atoms with Gasteiger partial charge in [0.05, 0.1) is 16.4 Å². The molecule has 2 aliphatic rings. The van der Waals surface area contributed by atoms with Gasteiger partial charge in [-0.2, -0.15) is 0 Å². The number of rotatable bonds is 3. The van der Waals surface area contributed by atoms with Crippen molar-refractivity contribution in [1.29, 1.82) is 0 Å². The number of nitrogens with zero attached hydrogens (tertiary/aromatic N) is 1. The third-order valence-electron chi connectivity index (χ3n) is 12.3. The lowest BCUT2D eigenvalue weighted by Crippen LogP contribution is -2.28. The molecule has 0 spiro atoms. The SMILES string of the molecule is C=C1/C=C\C=C/CC(C)(C)c2c1c1sc3ccccc3c1c1c3ccccc3n(-c3ccc4c(c3)C(c3ccccc3)(c3ccccc3)c3ccccc3-4)c21. The Morgan fingerprint density at radius 1 is 0.618 bits per heavy atom. The summed E-state index contributed by atoms with van der Waals surface area (Å²) in [5.74, 6) is 0. The van der Waals surface area contributed by atoms with Gasteiger partial charge < -0.3 is 4.57 Å². The fourth-order valence-electron chi connectivity index (χ4n) is 10.0. The van der Waals surface area contributed by atoms with Crippen LogP contribution in [0.2, 0.25) is 0 Å². The second-order valence-electron chi connectivity index (χ2n) is 15.8. The first kappa shape index (κ1) is 32.2. The standard InChI is InChI=1S/C53H39NS/c1-34-19-7-6-18-32-52(2,3)49-46(34)51-48(41-26-14-17-29-45(41)55-51)47-40-25-13-16-28-44(40)54(50(47)49)37-30-31-39-38-24-12-15-27-42(38)53(43(39)33-37,35-20-8-4-9-21-35)36-22-10-5-11-23-36/h4-31,33H,1,32H2,2-3H3/b18-6-,19-7-. The van der Waals surface area contributed by atoms with Gasteiger partial charge in [-0.25, -0.2) is 0 Å². The van der Waals surface area contributed by atoms with Crippen LogP contribution in [-0.2, 0) is 10.8 Å². The molecule has 55 heavy (non-hydrogen) atoms. The van der Waals surface area contributed by atoms with Crippen molar-refractivity contribution in [2.24, 2.45) is 0 Å². The predicted octanol–water partition coefficient (Wildman–Crippen LogP) is 14.3. The first-order valence-corrected chi connectivity index (χ1v) is 20.1. The molecule has 0 bridgehead atoms. The van der Waals surface area contributed by atoms with Crippen LogP contribution in [0.5, 0.6) is 0 Å². The van der Waals surface area contributed by atoms with Gasteiger partial charge in [0.2, 0.25) is 0 Å². The highest BCUT2D eigenvalue weighted by Crippen LogP contribution is 2.57. The molecule has 0 atom stereocenters. The minimum atomic E-state index is -0.490. The maximum absolute atomic E-state index is 4.78. The first-order valence-electron chi connectivity index (χ1n) is 19.3. The molecular formula is C53H39NS. The zero-order valence-corrected chi connectivity index (χ0v) is 31.8. The number of hydrogen-bond acceptors (Lipinski definition) is 1. The molecule has 1 nitrogen and oxygen atoms in total. The summed E-state index contributed by atoms with van der Waals surface area (Å²) in [7, 11) is 0. The Labute approximate surface area is 325 Å². The minimum Gasteiger partial charge on any atom is -0.309 e. The number of benzene rings is 7. The van der Waals surface area contributed by atoms with Crippen LogP contribution in [0.4, 0.5) is 0 Å². The van der Waals surface area contributed by atoms with E-state index in [0.29, 0.717) is 0 Å². The maximum Gasteiger partial charge on any atom is 0.0714 e. The molecule has 0 amide bonds. The normalized spacial score (nSPS) is 16.7. The van der Waals surface area contributed by atoms with Crippen molar-refractivity contribution < 1.29 is 0 Å². The van der Waals surface area contributed by atoms with Crippen LogP contribution in [-0.4, -0.2) is 4.57 Å². The summed E-state index contributed by atoms with van der Waals surface area (Å²) < 4.78 is 5.23. The van der Waals surface area contributed by atoms with Crippen LogP contribution < -0.4 is 0 Å². The summed E-state index contributed by atoms with van der Waals surface area (Å²) in [4.78, 5) is 0. The van der Waals surface area contributed by atoms with Gasteiger partial charge in [-0.05, 0) is 80.6 Å². The Morgan fingerprint density at radius 3 is 2.05 bits per heavy atom. The van der Waals surface area contributed by atoms with E-state index >= 15 is 0 Å². The molecular weight excluding hydrogens is 683 g/mol. The lowest BCUT2D eigenvalue weighted by Gasteiger charge is -2.34. The summed E-state index contributed by atoms with van der Waals surface area (Å²) in [6.07, 6.45) is 9.80. The van der Waals surface area contributed by atoms with E-state index in [2.05, 4.69) is 194 Å². The van der Waals surface area contributed by atoms with E-state index in [1.165, 1.54) is 92.2 Å². The van der Waals surface area contributed by atoms with Crippen molar-refractivity contribution >= 4 is 58.9 Å². The Balaban J connectivity index is 1.34. The summed E-state index contributed by atoms with van der Waals surface area (Å²) >= 11 is 1.91. The van der Waals surface area contributed by atoms with Gasteiger partial charge in [0.1, 0.15) is 0 Å². The molecule has 262 valence electrons. The smallest absolute Gasteiger partial charge is 0.0714 e. The first-order chi connectivity index (χ1) is 27.0. The Hall–Kier alpha value is -6.22. The van der Waals surface area contributed by atoms with E-state index in [1.807, 2.05) is 11.3 Å². The van der Waals surface area contributed by atoms with Crippen LogP contribution in [0.3, 0.4) is 0 Å². The van der Waals surface area contributed by atoms with E-state index in [1.54, 1.807) is 0 Å². The molecule has 0 fully saturated rings.